The van der Waals surface area contributed by atoms with Crippen LogP contribution >= 0.6 is 0 Å². The van der Waals surface area contributed by atoms with Crippen LogP contribution in [0.2, 0.25) is 0 Å². The predicted molar refractivity (Wildman–Crippen MR) is 111 cm³/mol. The zero-order chi connectivity index (χ0) is 21.2. The molecule has 2 heterocycles. The van der Waals surface area contributed by atoms with Crippen molar-refractivity contribution in [3.63, 3.8) is 0 Å². The minimum atomic E-state index is -3.33. The number of sulfone groups is 1. The van der Waals surface area contributed by atoms with Crippen molar-refractivity contribution in [1.82, 2.24) is 4.90 Å². The third-order valence-electron chi connectivity index (χ3n) is 5.07. The number of benzene rings is 1. The summed E-state index contributed by atoms with van der Waals surface area (Å²) in [5.41, 5.74) is 0.691. The lowest BCUT2D eigenvalue weighted by molar-refractivity contribution is -0.116. The number of piperidine rings is 1. The Morgan fingerprint density at radius 2 is 1.90 bits per heavy atom. The smallest absolute Gasteiger partial charge is 0.410 e. The molecule has 8 heteroatoms. The number of nitrogens with one attached hydrogen (secondary N) is 1. The predicted octanol–water partition coefficient (Wildman–Crippen LogP) is 3.81. The van der Waals surface area contributed by atoms with Crippen LogP contribution in [0, 0.1) is 5.92 Å². The number of anilines is 1. The third kappa shape index (κ3) is 5.59. The highest BCUT2D eigenvalue weighted by Gasteiger charge is 2.27. The van der Waals surface area contributed by atoms with Gasteiger partial charge in [0.2, 0.25) is 5.91 Å². The van der Waals surface area contributed by atoms with E-state index in [-0.39, 0.29) is 16.9 Å². The quantitative estimate of drug-likeness (QED) is 0.799. The molecule has 1 N–H and O–H groups in total. The van der Waals surface area contributed by atoms with Crippen LogP contribution < -0.4 is 5.32 Å². The van der Waals surface area contributed by atoms with E-state index in [9.17, 15) is 18.0 Å². The second-order valence-electron chi connectivity index (χ2n) is 8.60. The first-order valence-electron chi connectivity index (χ1n) is 9.88. The van der Waals surface area contributed by atoms with Crippen LogP contribution in [0.4, 0.5) is 10.5 Å². The normalized spacial score (nSPS) is 18.4. The van der Waals surface area contributed by atoms with Gasteiger partial charge in [-0.2, -0.15) is 0 Å². The topological polar surface area (TPSA) is 92.8 Å². The molecule has 0 atom stereocenters. The lowest BCUT2D eigenvalue weighted by Gasteiger charge is -2.33. The number of hydrogen-bond donors (Lipinski definition) is 1. The average molecular weight is 421 g/mol. The summed E-state index contributed by atoms with van der Waals surface area (Å²) in [5.74, 6) is 0.303. The van der Waals surface area contributed by atoms with Crippen LogP contribution in [-0.4, -0.2) is 44.0 Å². The van der Waals surface area contributed by atoms with E-state index in [0.29, 0.717) is 36.7 Å². The van der Waals surface area contributed by atoms with Gasteiger partial charge in [0, 0.05) is 30.6 Å². The first kappa shape index (κ1) is 21.4. The maximum atomic E-state index is 12.3. The summed E-state index contributed by atoms with van der Waals surface area (Å²) >= 11 is 0. The van der Waals surface area contributed by atoms with Gasteiger partial charge in [-0.05, 0) is 75.8 Å². The van der Waals surface area contributed by atoms with E-state index >= 15 is 0 Å². The largest absolute Gasteiger partial charge is 0.444 e. The fraction of sp³-hybridized carbons (Fsp3) is 0.524. The molecular weight excluding hydrogens is 392 g/mol. The molecule has 0 aliphatic carbocycles. The van der Waals surface area contributed by atoms with Gasteiger partial charge >= 0.3 is 6.09 Å². The number of rotatable bonds is 4. The van der Waals surface area contributed by atoms with Crippen LogP contribution in [0.3, 0.4) is 0 Å². The second kappa shape index (κ2) is 8.18. The van der Waals surface area contributed by atoms with Crippen molar-refractivity contribution < 1.29 is 22.7 Å². The lowest BCUT2D eigenvalue weighted by atomic mass is 9.92. The fourth-order valence-corrected chi connectivity index (χ4v) is 4.73. The highest BCUT2D eigenvalue weighted by atomic mass is 32.2. The molecule has 0 spiro atoms. The molecule has 1 fully saturated rings. The molecular formula is C21H28N2O5S. The van der Waals surface area contributed by atoms with Gasteiger partial charge in [0.25, 0.3) is 0 Å². The van der Waals surface area contributed by atoms with E-state index in [1.807, 2.05) is 20.8 Å². The van der Waals surface area contributed by atoms with Gasteiger partial charge < -0.3 is 15.0 Å². The summed E-state index contributed by atoms with van der Waals surface area (Å²) in [6, 6.07) is 4.81. The molecule has 0 bridgehead atoms. The van der Waals surface area contributed by atoms with Crippen molar-refractivity contribution >= 4 is 33.6 Å². The van der Waals surface area contributed by atoms with Gasteiger partial charge in [0.05, 0.1) is 4.90 Å². The van der Waals surface area contributed by atoms with Gasteiger partial charge in [0.1, 0.15) is 5.60 Å². The molecule has 7 nitrogen and oxygen atoms in total. The number of carbonyl (C=O) groups excluding carboxylic acids is 2. The molecule has 2 aliphatic rings. The number of carbonyl (C=O) groups is 2. The molecule has 2 amide bonds. The zero-order valence-corrected chi connectivity index (χ0v) is 17.9. The molecule has 0 saturated carbocycles. The van der Waals surface area contributed by atoms with E-state index in [1.165, 1.54) is 11.5 Å². The Morgan fingerprint density at radius 1 is 1.21 bits per heavy atom. The first-order valence-corrected chi connectivity index (χ1v) is 11.4. The molecule has 1 aromatic carbocycles. The summed E-state index contributed by atoms with van der Waals surface area (Å²) in [6.07, 6.45) is 4.12. The number of nitrogens with zero attached hydrogens (tertiary/aromatic N) is 1. The van der Waals surface area contributed by atoms with Gasteiger partial charge in [0.15, 0.2) is 9.84 Å². The number of fused-ring (bicyclic) bond motifs is 1. The van der Waals surface area contributed by atoms with Crippen molar-refractivity contribution in [2.24, 2.45) is 5.92 Å². The van der Waals surface area contributed by atoms with Crippen LogP contribution in [-0.2, 0) is 19.4 Å². The average Bonchev–Trinajstić information content (AvgIpc) is 2.93. The maximum Gasteiger partial charge on any atom is 0.410 e. The lowest BCUT2D eigenvalue weighted by Crippen LogP contribution is -2.41. The van der Waals surface area contributed by atoms with E-state index in [1.54, 1.807) is 23.1 Å². The summed E-state index contributed by atoms with van der Waals surface area (Å²) in [5, 5.41) is 4.01. The molecule has 1 aromatic rings. The molecule has 1 saturated heterocycles. The standard InChI is InChI=1S/C21H28N2O5S/c1-21(2,3)28-20(25)23-11-8-15(9-12-23)4-7-19(24)22-17-5-6-18-16(14-17)10-13-29(18,26)27/h5-6,10,13-15H,4,7-9,11-12H2,1-3H3,(H,22,24). The summed E-state index contributed by atoms with van der Waals surface area (Å²) in [7, 11) is -3.33. The Hall–Kier alpha value is -2.35. The summed E-state index contributed by atoms with van der Waals surface area (Å²) in [6.45, 7) is 6.85. The van der Waals surface area contributed by atoms with Crippen LogP contribution in [0.15, 0.2) is 28.5 Å². The highest BCUT2D eigenvalue weighted by Crippen LogP contribution is 2.29. The van der Waals surface area contributed by atoms with Crippen LogP contribution in [0.5, 0.6) is 0 Å². The number of amides is 2. The van der Waals surface area contributed by atoms with Gasteiger partial charge in [-0.1, -0.05) is 0 Å². The second-order valence-corrected chi connectivity index (χ2v) is 10.4. The van der Waals surface area contributed by atoms with Crippen LogP contribution in [0.1, 0.15) is 52.0 Å². The van der Waals surface area contributed by atoms with Crippen molar-refractivity contribution in [1.29, 1.82) is 0 Å². The molecule has 29 heavy (non-hydrogen) atoms. The number of ether oxygens (including phenoxy) is 1. The molecule has 0 radical (unpaired) electrons. The van der Waals surface area contributed by atoms with E-state index in [4.69, 9.17) is 4.74 Å². The minimum Gasteiger partial charge on any atom is -0.444 e. The maximum absolute atomic E-state index is 12.3. The Morgan fingerprint density at radius 3 is 2.55 bits per heavy atom. The fourth-order valence-electron chi connectivity index (χ4n) is 3.54. The highest BCUT2D eigenvalue weighted by molar-refractivity contribution is 7.94. The molecule has 0 unspecified atom stereocenters. The minimum absolute atomic E-state index is 0.0932. The van der Waals surface area contributed by atoms with Gasteiger partial charge in [-0.15, -0.1) is 0 Å². The van der Waals surface area contributed by atoms with E-state index in [2.05, 4.69) is 5.32 Å². The Kier molecular flexibility index (Phi) is 6.03. The molecule has 2 aliphatic heterocycles. The number of likely N-dealkylation sites (tertiary alicyclic amines) is 1. The SMILES string of the molecule is CC(C)(C)OC(=O)N1CCC(CCC(=O)Nc2ccc3c(c2)C=CS3(=O)=O)CC1. The Balaban J connectivity index is 1.43. The first-order chi connectivity index (χ1) is 13.5. The van der Waals surface area contributed by atoms with Crippen molar-refractivity contribution in [2.75, 3.05) is 18.4 Å². The van der Waals surface area contributed by atoms with Crippen molar-refractivity contribution in [3.05, 3.63) is 29.2 Å². The molecule has 158 valence electrons. The Bertz CT molecular complexity index is 923. The van der Waals surface area contributed by atoms with E-state index < -0.39 is 15.4 Å². The van der Waals surface area contributed by atoms with Crippen molar-refractivity contribution in [3.8, 4) is 0 Å². The number of hydrogen-bond acceptors (Lipinski definition) is 5. The zero-order valence-electron chi connectivity index (χ0n) is 17.1. The van der Waals surface area contributed by atoms with E-state index in [0.717, 1.165) is 19.3 Å². The molecule has 3 rings (SSSR count). The van der Waals surface area contributed by atoms with Crippen LogP contribution in [0.25, 0.3) is 6.08 Å². The Labute approximate surface area is 172 Å². The van der Waals surface area contributed by atoms with Crippen molar-refractivity contribution in [2.45, 2.75) is 57.0 Å². The summed E-state index contributed by atoms with van der Waals surface area (Å²) in [4.78, 5) is 26.4. The molecule has 0 aromatic heterocycles. The monoisotopic (exact) mass is 420 g/mol. The van der Waals surface area contributed by atoms with Gasteiger partial charge in [-0.25, -0.2) is 13.2 Å². The summed E-state index contributed by atoms with van der Waals surface area (Å²) < 4.78 is 29.0. The van der Waals surface area contributed by atoms with Gasteiger partial charge in [-0.3, -0.25) is 4.79 Å². The third-order valence-corrected chi connectivity index (χ3v) is 6.55.